The smallest absolute Gasteiger partial charge is 0.205 e. The Morgan fingerprint density at radius 1 is 0.697 bits per heavy atom. The molecule has 0 amide bonds. The maximum absolute atomic E-state index is 14.9. The number of nitrogens with two attached hydrogens (primary N) is 1. The highest BCUT2D eigenvalue weighted by Crippen LogP contribution is 2.47. The summed E-state index contributed by atoms with van der Waals surface area (Å²) in [7, 11) is -3.47. The van der Waals surface area contributed by atoms with Crippen LogP contribution in [0.4, 0.5) is 8.78 Å². The second-order valence-electron chi connectivity index (χ2n) is 8.00. The molecule has 33 heavy (non-hydrogen) atoms. The Morgan fingerprint density at radius 3 is 1.39 bits per heavy atom. The first-order valence-electron chi connectivity index (χ1n) is 10.6. The van der Waals surface area contributed by atoms with Crippen molar-refractivity contribution in [3.8, 4) is 0 Å². The summed E-state index contributed by atoms with van der Waals surface area (Å²) in [5.74, 6) is -0.795. The van der Waals surface area contributed by atoms with Gasteiger partial charge in [0.1, 0.15) is 11.6 Å². The Balaban J connectivity index is 2.01. The van der Waals surface area contributed by atoms with Gasteiger partial charge in [0, 0.05) is 16.7 Å². The Morgan fingerprint density at radius 2 is 1.06 bits per heavy atom. The Bertz CT molecular complexity index is 1160. The van der Waals surface area contributed by atoms with E-state index in [-0.39, 0.29) is 0 Å². The van der Waals surface area contributed by atoms with E-state index in [1.54, 1.807) is 31.2 Å². The van der Waals surface area contributed by atoms with Gasteiger partial charge in [0.05, 0.1) is 5.54 Å². The molecule has 4 aromatic carbocycles. The molecule has 0 radical (unpaired) electrons. The first-order chi connectivity index (χ1) is 15.9. The highest BCUT2D eigenvalue weighted by atomic mass is 31.2. The number of hydrogen-bond donors (Lipinski definition) is 2. The molecule has 4 aromatic rings. The topological polar surface area (TPSA) is 55.1 Å². The maximum Gasteiger partial charge on any atom is 0.205 e. The third-order valence-electron chi connectivity index (χ3n) is 5.86. The van der Waals surface area contributed by atoms with E-state index in [1.165, 1.54) is 24.3 Å². The predicted molar refractivity (Wildman–Crippen MR) is 130 cm³/mol. The first kappa shape index (κ1) is 23.1. The second kappa shape index (κ2) is 9.40. The largest absolute Gasteiger partial charge is 0.326 e. The Kier molecular flexibility index (Phi) is 6.57. The molecule has 0 heterocycles. The molecule has 0 saturated carbocycles. The van der Waals surface area contributed by atoms with Crippen LogP contribution in [0.5, 0.6) is 0 Å². The fourth-order valence-electron chi connectivity index (χ4n) is 4.15. The summed E-state index contributed by atoms with van der Waals surface area (Å²) >= 11 is 0. The Hall–Kier alpha value is -3.11. The summed E-state index contributed by atoms with van der Waals surface area (Å²) in [6.45, 7) is 1.79. The SMILES string of the molecule is C[C@H](N)C(NP(=O)(c1ccccc1)c1ccccc1)(c1ccc(F)cc1)c1ccc(F)cc1. The van der Waals surface area contributed by atoms with Crippen molar-refractivity contribution < 1.29 is 13.3 Å². The quantitative estimate of drug-likeness (QED) is 0.377. The zero-order chi connectivity index (χ0) is 23.5. The van der Waals surface area contributed by atoms with E-state index in [4.69, 9.17) is 5.73 Å². The van der Waals surface area contributed by atoms with Crippen molar-refractivity contribution in [2.24, 2.45) is 5.73 Å². The van der Waals surface area contributed by atoms with Crippen molar-refractivity contribution in [1.29, 1.82) is 0 Å². The average molecular weight is 462 g/mol. The summed E-state index contributed by atoms with van der Waals surface area (Å²) in [6, 6.07) is 29.5. The molecule has 4 rings (SSSR count). The average Bonchev–Trinajstić information content (AvgIpc) is 2.84. The number of benzene rings is 4. The highest BCUT2D eigenvalue weighted by molar-refractivity contribution is 7.77. The van der Waals surface area contributed by atoms with Gasteiger partial charge in [-0.05, 0) is 66.6 Å². The molecule has 6 heteroatoms. The maximum atomic E-state index is 14.9. The summed E-state index contributed by atoms with van der Waals surface area (Å²) in [4.78, 5) is 0. The van der Waals surface area contributed by atoms with Crippen LogP contribution in [0.1, 0.15) is 18.1 Å². The molecule has 1 atom stereocenters. The zero-order valence-corrected chi connectivity index (χ0v) is 19.1. The van der Waals surface area contributed by atoms with Crippen LogP contribution in [-0.2, 0) is 10.1 Å². The molecule has 0 aliphatic heterocycles. The lowest BCUT2D eigenvalue weighted by molar-refractivity contribution is 0.400. The standard InChI is InChI=1S/C27H25F2N2OP/c1-20(30)27(21-12-16-23(28)17-13-21,22-14-18-24(29)19-15-22)31-33(32,25-8-4-2-5-9-25)26-10-6-3-7-11-26/h2-20H,30H2,1H3,(H,31,32)/t20-/m0/s1. The monoisotopic (exact) mass is 462 g/mol. The minimum Gasteiger partial charge on any atom is -0.326 e. The van der Waals surface area contributed by atoms with E-state index in [1.807, 2.05) is 60.7 Å². The van der Waals surface area contributed by atoms with Crippen LogP contribution in [-0.4, -0.2) is 6.04 Å². The fraction of sp³-hybridized carbons (Fsp3) is 0.111. The van der Waals surface area contributed by atoms with Crippen molar-refractivity contribution >= 4 is 17.9 Å². The van der Waals surface area contributed by atoms with Gasteiger partial charge in [0.25, 0.3) is 0 Å². The van der Waals surface area contributed by atoms with Crippen LogP contribution in [0, 0.1) is 11.6 Å². The van der Waals surface area contributed by atoms with Gasteiger partial charge in [-0.3, -0.25) is 4.57 Å². The molecule has 0 aliphatic rings. The molecule has 0 unspecified atom stereocenters. The van der Waals surface area contributed by atoms with Crippen molar-refractivity contribution in [3.63, 3.8) is 0 Å². The van der Waals surface area contributed by atoms with Gasteiger partial charge in [-0.2, -0.15) is 0 Å². The van der Waals surface area contributed by atoms with Gasteiger partial charge >= 0.3 is 0 Å². The van der Waals surface area contributed by atoms with E-state index in [2.05, 4.69) is 5.09 Å². The van der Waals surface area contributed by atoms with Crippen LogP contribution in [0.25, 0.3) is 0 Å². The number of hydrogen-bond acceptors (Lipinski definition) is 2. The lowest BCUT2D eigenvalue weighted by Gasteiger charge is -2.42. The van der Waals surface area contributed by atoms with E-state index < -0.39 is 30.5 Å². The minimum absolute atomic E-state index is 0.397. The molecule has 0 saturated heterocycles. The van der Waals surface area contributed by atoms with E-state index >= 15 is 0 Å². The third-order valence-corrected chi connectivity index (χ3v) is 8.57. The lowest BCUT2D eigenvalue weighted by Crippen LogP contribution is -2.55. The number of nitrogens with one attached hydrogen (secondary N) is 1. The Labute approximate surface area is 192 Å². The molecule has 0 bridgehead atoms. The summed E-state index contributed by atoms with van der Waals surface area (Å²) in [5, 5.41) is 4.64. The van der Waals surface area contributed by atoms with Crippen molar-refractivity contribution in [2.75, 3.05) is 0 Å². The van der Waals surface area contributed by atoms with Gasteiger partial charge in [-0.25, -0.2) is 13.9 Å². The molecule has 3 N–H and O–H groups in total. The summed E-state index contributed by atoms with van der Waals surface area (Å²) < 4.78 is 42.6. The fourth-order valence-corrected chi connectivity index (χ4v) is 6.85. The first-order valence-corrected chi connectivity index (χ1v) is 12.4. The van der Waals surface area contributed by atoms with E-state index in [0.29, 0.717) is 21.7 Å². The van der Waals surface area contributed by atoms with Gasteiger partial charge in [-0.15, -0.1) is 0 Å². The van der Waals surface area contributed by atoms with Crippen LogP contribution in [0.2, 0.25) is 0 Å². The van der Waals surface area contributed by atoms with Gasteiger partial charge in [0.15, 0.2) is 0 Å². The molecule has 0 spiro atoms. The van der Waals surface area contributed by atoms with Crippen LogP contribution >= 0.6 is 7.29 Å². The van der Waals surface area contributed by atoms with Crippen molar-refractivity contribution in [3.05, 3.63) is 132 Å². The van der Waals surface area contributed by atoms with Gasteiger partial charge < -0.3 is 5.73 Å². The van der Waals surface area contributed by atoms with E-state index in [0.717, 1.165) is 0 Å². The third kappa shape index (κ3) is 4.40. The molecular formula is C27H25F2N2OP. The molecule has 168 valence electrons. The zero-order valence-electron chi connectivity index (χ0n) is 18.2. The predicted octanol–water partition coefficient (Wildman–Crippen LogP) is 5.07. The minimum atomic E-state index is -3.47. The van der Waals surface area contributed by atoms with Gasteiger partial charge in [0.2, 0.25) is 7.29 Å². The van der Waals surface area contributed by atoms with Crippen molar-refractivity contribution in [2.45, 2.75) is 18.5 Å². The van der Waals surface area contributed by atoms with Crippen molar-refractivity contribution in [1.82, 2.24) is 5.09 Å². The molecule has 0 aromatic heterocycles. The van der Waals surface area contributed by atoms with E-state index in [9.17, 15) is 13.3 Å². The summed E-state index contributed by atoms with van der Waals surface area (Å²) in [6.07, 6.45) is 0. The molecule has 0 fully saturated rings. The number of halogens is 2. The molecule has 3 nitrogen and oxygen atoms in total. The van der Waals surface area contributed by atoms with Gasteiger partial charge in [-0.1, -0.05) is 60.7 Å². The molecular weight excluding hydrogens is 437 g/mol. The number of rotatable bonds is 7. The lowest BCUT2D eigenvalue weighted by atomic mass is 9.78. The molecule has 0 aliphatic carbocycles. The van der Waals surface area contributed by atoms with Crippen LogP contribution in [0.15, 0.2) is 109 Å². The normalized spacial score (nSPS) is 13.0. The van der Waals surface area contributed by atoms with Crippen LogP contribution in [0.3, 0.4) is 0 Å². The summed E-state index contributed by atoms with van der Waals surface area (Å²) in [5.41, 5.74) is 6.64. The highest BCUT2D eigenvalue weighted by Gasteiger charge is 2.44. The second-order valence-corrected chi connectivity index (χ2v) is 10.5. The van der Waals surface area contributed by atoms with Crippen LogP contribution < -0.4 is 21.4 Å².